The second kappa shape index (κ2) is 11.9. The molecular weight excluding hydrogens is 372 g/mol. The maximum Gasteiger partial charge on any atom is 0.243 e. The third-order valence-electron chi connectivity index (χ3n) is 4.91. The van der Waals surface area contributed by atoms with Crippen molar-refractivity contribution < 1.29 is 14.4 Å². The zero-order chi connectivity index (χ0) is 21.1. The van der Waals surface area contributed by atoms with Gasteiger partial charge in [-0.3, -0.25) is 14.6 Å². The lowest BCUT2D eigenvalue weighted by Crippen LogP contribution is -2.53. The van der Waals surface area contributed by atoms with Crippen LogP contribution < -0.4 is 22.3 Å². The molecule has 9 nitrogen and oxygen atoms in total. The number of aldehydes is 1. The van der Waals surface area contributed by atoms with Crippen LogP contribution in [0.2, 0.25) is 0 Å². The minimum atomic E-state index is -0.707. The van der Waals surface area contributed by atoms with Crippen LogP contribution in [0.1, 0.15) is 31.2 Å². The van der Waals surface area contributed by atoms with Gasteiger partial charge in [-0.1, -0.05) is 30.3 Å². The molecule has 9 heteroatoms. The van der Waals surface area contributed by atoms with E-state index in [1.165, 1.54) is 6.34 Å². The molecule has 0 spiro atoms. The standard InChI is InChI=1S/C20H30N6O3/c21-17(12-15-6-2-1-3-7-15)20(29)26-11-5-9-18(26)19(28)25-16(13-27)8-4-10-23-14-24-22/h1-3,6-7,13-14,16-18H,4-5,8-12,21-22H2,(H,23,24)(H,25,28)/t16?,17-,18+/m1/s1. The average Bonchev–Trinajstić information content (AvgIpc) is 3.22. The van der Waals surface area contributed by atoms with Crippen LogP contribution in [0.5, 0.6) is 0 Å². The Hall–Kier alpha value is -2.78. The summed E-state index contributed by atoms with van der Waals surface area (Å²) in [6.07, 6.45) is 4.88. The Kier molecular flexibility index (Phi) is 9.26. The minimum absolute atomic E-state index is 0.238. The molecule has 1 unspecified atom stereocenters. The van der Waals surface area contributed by atoms with Crippen molar-refractivity contribution in [2.45, 2.75) is 50.2 Å². The third-order valence-corrected chi connectivity index (χ3v) is 4.91. The lowest BCUT2D eigenvalue weighted by Gasteiger charge is -2.27. The number of aliphatic imine (C=N–C) groups is 1. The first-order valence-electron chi connectivity index (χ1n) is 9.87. The number of nitrogens with one attached hydrogen (secondary N) is 2. The monoisotopic (exact) mass is 402 g/mol. The summed E-state index contributed by atoms with van der Waals surface area (Å²) in [6, 6.07) is 7.63. The van der Waals surface area contributed by atoms with Gasteiger partial charge in [0.2, 0.25) is 11.8 Å². The van der Waals surface area contributed by atoms with E-state index in [-0.39, 0.29) is 11.8 Å². The van der Waals surface area contributed by atoms with E-state index in [0.29, 0.717) is 45.1 Å². The topological polar surface area (TPSA) is 143 Å². The number of hydrogen-bond donors (Lipinski definition) is 4. The maximum atomic E-state index is 12.8. The van der Waals surface area contributed by atoms with Crippen LogP contribution >= 0.6 is 0 Å². The molecule has 1 aromatic carbocycles. The number of carbonyl (C=O) groups excluding carboxylic acids is 3. The molecule has 1 aliphatic rings. The summed E-state index contributed by atoms with van der Waals surface area (Å²) in [4.78, 5) is 42.3. The van der Waals surface area contributed by atoms with Crippen LogP contribution in [-0.2, 0) is 20.8 Å². The van der Waals surface area contributed by atoms with Crippen molar-refractivity contribution in [3.8, 4) is 0 Å². The second-order valence-electron chi connectivity index (χ2n) is 7.08. The number of nitrogens with two attached hydrogens (primary N) is 2. The van der Waals surface area contributed by atoms with Crippen molar-refractivity contribution in [1.29, 1.82) is 0 Å². The van der Waals surface area contributed by atoms with Crippen LogP contribution in [0.15, 0.2) is 35.3 Å². The van der Waals surface area contributed by atoms with Gasteiger partial charge in [0.15, 0.2) is 0 Å². The molecule has 1 fully saturated rings. The molecule has 6 N–H and O–H groups in total. The van der Waals surface area contributed by atoms with Gasteiger partial charge < -0.3 is 26.2 Å². The molecular formula is C20H30N6O3. The van der Waals surface area contributed by atoms with E-state index >= 15 is 0 Å². The summed E-state index contributed by atoms with van der Waals surface area (Å²) < 4.78 is 0. The first-order chi connectivity index (χ1) is 14.1. The smallest absolute Gasteiger partial charge is 0.243 e. The number of nitrogens with zero attached hydrogens (tertiary/aromatic N) is 2. The molecule has 1 aliphatic heterocycles. The zero-order valence-electron chi connectivity index (χ0n) is 16.5. The Morgan fingerprint density at radius 3 is 2.76 bits per heavy atom. The van der Waals surface area contributed by atoms with Crippen molar-refractivity contribution in [3.63, 3.8) is 0 Å². The van der Waals surface area contributed by atoms with Gasteiger partial charge in [-0.25, -0.2) is 5.84 Å². The number of benzene rings is 1. The molecule has 2 rings (SSSR count). The van der Waals surface area contributed by atoms with E-state index < -0.39 is 18.1 Å². The number of hydrazine groups is 1. The molecule has 1 heterocycles. The first-order valence-corrected chi connectivity index (χ1v) is 9.87. The van der Waals surface area contributed by atoms with Gasteiger partial charge in [0, 0.05) is 13.1 Å². The second-order valence-corrected chi connectivity index (χ2v) is 7.08. The molecule has 0 bridgehead atoms. The molecule has 0 aromatic heterocycles. The molecule has 1 aromatic rings. The summed E-state index contributed by atoms with van der Waals surface area (Å²) in [5, 5.41) is 2.74. The highest BCUT2D eigenvalue weighted by Crippen LogP contribution is 2.19. The van der Waals surface area contributed by atoms with Gasteiger partial charge in [-0.2, -0.15) is 0 Å². The van der Waals surface area contributed by atoms with Gasteiger partial charge in [0.25, 0.3) is 0 Å². The van der Waals surface area contributed by atoms with Crippen LogP contribution in [0, 0.1) is 0 Å². The molecule has 3 atom stereocenters. The summed E-state index contributed by atoms with van der Waals surface area (Å²) in [5.41, 5.74) is 9.39. The molecule has 0 radical (unpaired) electrons. The van der Waals surface area contributed by atoms with E-state index in [9.17, 15) is 14.4 Å². The van der Waals surface area contributed by atoms with Gasteiger partial charge >= 0.3 is 0 Å². The van der Waals surface area contributed by atoms with Crippen molar-refractivity contribution in [2.24, 2.45) is 16.6 Å². The van der Waals surface area contributed by atoms with Gasteiger partial charge in [0.1, 0.15) is 12.3 Å². The van der Waals surface area contributed by atoms with E-state index in [0.717, 1.165) is 12.0 Å². The molecule has 1 saturated heterocycles. The molecule has 0 aliphatic carbocycles. The maximum absolute atomic E-state index is 12.8. The molecule has 0 saturated carbocycles. The zero-order valence-corrected chi connectivity index (χ0v) is 16.5. The highest BCUT2D eigenvalue weighted by Gasteiger charge is 2.36. The van der Waals surface area contributed by atoms with Crippen LogP contribution in [0.3, 0.4) is 0 Å². The molecule has 29 heavy (non-hydrogen) atoms. The third kappa shape index (κ3) is 6.95. The highest BCUT2D eigenvalue weighted by atomic mass is 16.2. The molecule has 2 amide bonds. The lowest BCUT2D eigenvalue weighted by atomic mass is 10.0. The average molecular weight is 402 g/mol. The normalized spacial score (nSPS) is 18.4. The van der Waals surface area contributed by atoms with Gasteiger partial charge in [0.05, 0.1) is 18.4 Å². The Morgan fingerprint density at radius 1 is 1.31 bits per heavy atom. The number of likely N-dealkylation sites (tertiary alicyclic amines) is 1. The minimum Gasteiger partial charge on any atom is -0.345 e. The SMILES string of the molecule is NNC=NCCCC(C=O)NC(=O)[C@@H]1CCCN1C(=O)[C@H](N)Cc1ccccc1. The van der Waals surface area contributed by atoms with Crippen LogP contribution in [0.25, 0.3) is 0 Å². The summed E-state index contributed by atoms with van der Waals surface area (Å²) in [7, 11) is 0. The number of carbonyl (C=O) groups is 3. The Balaban J connectivity index is 1.89. The van der Waals surface area contributed by atoms with Crippen LogP contribution in [0.4, 0.5) is 0 Å². The van der Waals surface area contributed by atoms with Crippen molar-refractivity contribution in [2.75, 3.05) is 13.1 Å². The number of hydrogen-bond acceptors (Lipinski definition) is 6. The number of rotatable bonds is 11. The van der Waals surface area contributed by atoms with Gasteiger partial charge in [-0.15, -0.1) is 0 Å². The van der Waals surface area contributed by atoms with Crippen molar-refractivity contribution in [1.82, 2.24) is 15.6 Å². The first kappa shape index (κ1) is 22.5. The van der Waals surface area contributed by atoms with E-state index in [1.54, 1.807) is 4.90 Å². The summed E-state index contributed by atoms with van der Waals surface area (Å²) in [6.45, 7) is 0.985. The Labute approximate surface area is 170 Å². The fourth-order valence-corrected chi connectivity index (χ4v) is 3.44. The Morgan fingerprint density at radius 2 is 2.07 bits per heavy atom. The van der Waals surface area contributed by atoms with E-state index in [4.69, 9.17) is 11.6 Å². The fraction of sp³-hybridized carbons (Fsp3) is 0.500. The van der Waals surface area contributed by atoms with Crippen LogP contribution in [-0.4, -0.2) is 60.6 Å². The largest absolute Gasteiger partial charge is 0.345 e. The van der Waals surface area contributed by atoms with Gasteiger partial charge in [-0.05, 0) is 37.7 Å². The Bertz CT molecular complexity index is 697. The van der Waals surface area contributed by atoms with E-state index in [2.05, 4.69) is 15.7 Å². The van der Waals surface area contributed by atoms with E-state index in [1.807, 2.05) is 30.3 Å². The number of amides is 2. The quantitative estimate of drug-likeness (QED) is 0.0981. The highest BCUT2D eigenvalue weighted by molar-refractivity contribution is 5.91. The predicted octanol–water partition coefficient (Wildman–Crippen LogP) is -0.497. The fourth-order valence-electron chi connectivity index (χ4n) is 3.44. The molecule has 158 valence electrons. The summed E-state index contributed by atoms with van der Waals surface area (Å²) in [5.74, 6) is 4.53. The van der Waals surface area contributed by atoms with Crippen molar-refractivity contribution in [3.05, 3.63) is 35.9 Å². The summed E-state index contributed by atoms with van der Waals surface area (Å²) >= 11 is 0. The van der Waals surface area contributed by atoms with Crippen molar-refractivity contribution >= 4 is 24.4 Å². The lowest BCUT2D eigenvalue weighted by molar-refractivity contribution is -0.139. The predicted molar refractivity (Wildman–Crippen MR) is 111 cm³/mol.